The zero-order valence-electron chi connectivity index (χ0n) is 12.4. The lowest BCUT2D eigenvalue weighted by Crippen LogP contribution is -2.34. The third-order valence-corrected chi connectivity index (χ3v) is 3.06. The van der Waals surface area contributed by atoms with Crippen LogP contribution in [0.25, 0.3) is 0 Å². The van der Waals surface area contributed by atoms with Crippen LogP contribution in [-0.2, 0) is 19.1 Å². The van der Waals surface area contributed by atoms with Gasteiger partial charge in [-0.25, -0.2) is 0 Å². The number of carbonyl (C=O) groups excluding carboxylic acids is 2. The van der Waals surface area contributed by atoms with Crippen LogP contribution in [-0.4, -0.2) is 49.6 Å². The number of methoxy groups -OCH3 is 3. The van der Waals surface area contributed by atoms with Gasteiger partial charge in [0.1, 0.15) is 5.75 Å². The van der Waals surface area contributed by atoms with Crippen LogP contribution in [0.15, 0.2) is 24.3 Å². The molecule has 120 valence electrons. The van der Waals surface area contributed by atoms with Crippen molar-refractivity contribution in [3.05, 3.63) is 35.0 Å². The van der Waals surface area contributed by atoms with Crippen LogP contribution < -0.4 is 4.74 Å². The highest BCUT2D eigenvalue weighted by atomic mass is 16.8. The van der Waals surface area contributed by atoms with Gasteiger partial charge in [-0.15, -0.1) is 0 Å². The van der Waals surface area contributed by atoms with Gasteiger partial charge in [-0.05, 0) is 17.7 Å². The highest BCUT2D eigenvalue weighted by Crippen LogP contribution is 2.27. The largest absolute Gasteiger partial charge is 0.497 e. The molecule has 0 saturated heterocycles. The smallest absolute Gasteiger partial charge is 0.321 e. The average molecular weight is 311 g/mol. The van der Waals surface area contributed by atoms with Gasteiger partial charge >= 0.3 is 11.9 Å². The second-order valence-corrected chi connectivity index (χ2v) is 4.27. The maximum Gasteiger partial charge on any atom is 0.321 e. The molecule has 0 aliphatic rings. The van der Waals surface area contributed by atoms with E-state index in [4.69, 9.17) is 9.94 Å². The summed E-state index contributed by atoms with van der Waals surface area (Å²) < 4.78 is 14.2. The number of hydrogen-bond acceptors (Lipinski definition) is 7. The standard InChI is InChI=1S/C14H17NO7/c1-20-10-6-4-9(5-7-10)11(8-15(18)19)12(13(16)21-2)14(17)22-3/h4-8,11-12H,1-3H3,(H,18,19). The molecule has 1 aromatic carbocycles. The summed E-state index contributed by atoms with van der Waals surface area (Å²) in [5.74, 6) is -3.70. The third-order valence-electron chi connectivity index (χ3n) is 3.06. The second-order valence-electron chi connectivity index (χ2n) is 4.27. The van der Waals surface area contributed by atoms with Crippen molar-refractivity contribution in [2.45, 2.75) is 5.92 Å². The maximum atomic E-state index is 11.9. The number of benzene rings is 1. The van der Waals surface area contributed by atoms with Gasteiger partial charge in [0.2, 0.25) is 6.21 Å². The fourth-order valence-electron chi connectivity index (χ4n) is 1.97. The Bertz CT molecular complexity index is 533. The number of ether oxygens (including phenoxy) is 3. The van der Waals surface area contributed by atoms with E-state index in [1.54, 1.807) is 24.3 Å². The minimum atomic E-state index is -1.42. The number of nitrogens with zero attached hydrogens (tertiary/aromatic N) is 1. The van der Waals surface area contributed by atoms with E-state index in [9.17, 15) is 14.8 Å². The second kappa shape index (κ2) is 7.87. The fraction of sp³-hybridized carbons (Fsp3) is 0.357. The molecule has 0 spiro atoms. The van der Waals surface area contributed by atoms with Crippen molar-refractivity contribution >= 4 is 18.2 Å². The first-order valence-corrected chi connectivity index (χ1v) is 6.24. The van der Waals surface area contributed by atoms with E-state index < -0.39 is 28.7 Å². The molecule has 1 unspecified atom stereocenters. The van der Waals surface area contributed by atoms with Crippen molar-refractivity contribution in [1.82, 2.24) is 0 Å². The molecule has 22 heavy (non-hydrogen) atoms. The molecule has 0 radical (unpaired) electrons. The van der Waals surface area contributed by atoms with E-state index in [2.05, 4.69) is 9.47 Å². The fourth-order valence-corrected chi connectivity index (χ4v) is 1.97. The van der Waals surface area contributed by atoms with Gasteiger partial charge in [-0.3, -0.25) is 14.8 Å². The van der Waals surface area contributed by atoms with Crippen LogP contribution in [0.1, 0.15) is 11.5 Å². The Morgan fingerprint density at radius 1 is 1.14 bits per heavy atom. The Labute approximate surface area is 127 Å². The van der Waals surface area contributed by atoms with E-state index in [1.807, 2.05) is 0 Å². The van der Waals surface area contributed by atoms with Gasteiger partial charge in [0, 0.05) is 4.90 Å². The zero-order valence-corrected chi connectivity index (χ0v) is 12.4. The Hall–Kier alpha value is -2.77. The molecular weight excluding hydrogens is 294 g/mol. The molecule has 1 N–H and O–H groups in total. The lowest BCUT2D eigenvalue weighted by Gasteiger charge is -2.18. The summed E-state index contributed by atoms with van der Waals surface area (Å²) in [5, 5.41) is 19.9. The maximum absolute atomic E-state index is 11.9. The molecule has 1 atom stereocenters. The van der Waals surface area contributed by atoms with Gasteiger partial charge in [0.05, 0.1) is 27.2 Å². The van der Waals surface area contributed by atoms with Crippen molar-refractivity contribution in [1.29, 1.82) is 0 Å². The van der Waals surface area contributed by atoms with Crippen LogP contribution in [0.5, 0.6) is 5.75 Å². The topological polar surface area (TPSA) is 108 Å². The van der Waals surface area contributed by atoms with Crippen LogP contribution in [0, 0.1) is 11.1 Å². The molecule has 8 nitrogen and oxygen atoms in total. The lowest BCUT2D eigenvalue weighted by atomic mass is 9.86. The number of rotatable bonds is 6. The molecule has 0 fully saturated rings. The van der Waals surface area contributed by atoms with Crippen LogP contribution in [0.2, 0.25) is 0 Å². The monoisotopic (exact) mass is 311 g/mol. The molecule has 0 aliphatic heterocycles. The lowest BCUT2D eigenvalue weighted by molar-refractivity contribution is -0.723. The predicted octanol–water partition coefficient (Wildman–Crippen LogP) is 0.711. The Kier molecular flexibility index (Phi) is 6.18. The highest BCUT2D eigenvalue weighted by Gasteiger charge is 2.39. The summed E-state index contributed by atoms with van der Waals surface area (Å²) >= 11 is 0. The minimum Gasteiger partial charge on any atom is -0.497 e. The number of hydrogen-bond donors (Lipinski definition) is 1. The predicted molar refractivity (Wildman–Crippen MR) is 74.7 cm³/mol. The molecular formula is C14H17NO7. The van der Waals surface area contributed by atoms with Crippen LogP contribution in [0.4, 0.5) is 0 Å². The SMILES string of the molecule is COC(=O)C(C(=O)OC)C(/C=[N+](\[O-])O)c1ccc(OC)cc1. The highest BCUT2D eigenvalue weighted by molar-refractivity contribution is 5.99. The van der Waals surface area contributed by atoms with Gasteiger partial charge in [-0.2, -0.15) is 0 Å². The molecule has 0 amide bonds. The molecule has 0 bridgehead atoms. The van der Waals surface area contributed by atoms with E-state index in [0.29, 0.717) is 11.3 Å². The quantitative estimate of drug-likeness (QED) is 0.206. The van der Waals surface area contributed by atoms with Crippen molar-refractivity contribution in [2.24, 2.45) is 5.92 Å². The normalized spacial score (nSPS) is 12.6. The van der Waals surface area contributed by atoms with E-state index in [-0.39, 0.29) is 0 Å². The first kappa shape index (κ1) is 17.3. The molecule has 8 heteroatoms. The molecule has 0 aliphatic carbocycles. The number of esters is 2. The Morgan fingerprint density at radius 3 is 2.00 bits per heavy atom. The molecule has 0 heterocycles. The van der Waals surface area contributed by atoms with E-state index in [1.165, 1.54) is 7.11 Å². The summed E-state index contributed by atoms with van der Waals surface area (Å²) in [6, 6.07) is 6.30. The zero-order chi connectivity index (χ0) is 16.7. The molecule has 1 aromatic rings. The first-order valence-electron chi connectivity index (χ1n) is 6.24. The summed E-state index contributed by atoms with van der Waals surface area (Å²) in [5.41, 5.74) is 0.427. The molecule has 0 saturated carbocycles. The summed E-state index contributed by atoms with van der Waals surface area (Å²) in [7, 11) is 3.70. The number of carbonyl (C=O) groups is 2. The summed E-state index contributed by atoms with van der Waals surface area (Å²) in [6.07, 6.45) is 0.778. The molecule has 1 rings (SSSR count). The van der Waals surface area contributed by atoms with E-state index >= 15 is 0 Å². The Morgan fingerprint density at radius 2 is 1.64 bits per heavy atom. The first-order chi connectivity index (χ1) is 10.4. The van der Waals surface area contributed by atoms with Crippen LogP contribution in [0.3, 0.4) is 0 Å². The summed E-state index contributed by atoms with van der Waals surface area (Å²) in [6.45, 7) is 0. The van der Waals surface area contributed by atoms with Crippen molar-refractivity contribution in [3.8, 4) is 5.75 Å². The van der Waals surface area contributed by atoms with Gasteiger partial charge in [0.25, 0.3) is 0 Å². The van der Waals surface area contributed by atoms with Gasteiger partial charge in [-0.1, -0.05) is 12.1 Å². The molecule has 0 aromatic heterocycles. The van der Waals surface area contributed by atoms with Gasteiger partial charge < -0.3 is 19.4 Å². The Balaban J connectivity index is 3.32. The van der Waals surface area contributed by atoms with Crippen LogP contribution >= 0.6 is 0 Å². The van der Waals surface area contributed by atoms with E-state index in [0.717, 1.165) is 20.4 Å². The van der Waals surface area contributed by atoms with Gasteiger partial charge in [0.15, 0.2) is 5.92 Å². The average Bonchev–Trinajstić information content (AvgIpc) is 2.53. The summed E-state index contributed by atoms with van der Waals surface area (Å²) in [4.78, 5) is 23.3. The van der Waals surface area contributed by atoms with Crippen molar-refractivity contribution < 1.29 is 33.9 Å². The third kappa shape index (κ3) is 4.11. The minimum absolute atomic E-state index is 0.427. The van der Waals surface area contributed by atoms with Crippen molar-refractivity contribution in [2.75, 3.05) is 21.3 Å². The van der Waals surface area contributed by atoms with Crippen molar-refractivity contribution in [3.63, 3.8) is 0 Å².